The Bertz CT molecular complexity index is 533. The van der Waals surface area contributed by atoms with E-state index in [1.165, 1.54) is 0 Å². The molecule has 22 heavy (non-hydrogen) atoms. The standard InChI is InChI=1S/C16H27N3O3/c1-11-8-13(18(5)17-11)9-14(20)12-6-7-19(10-12)15(21)22-16(2,3)4/h8,12,14,20H,6-7,9-10H2,1-5H3. The number of aryl methyl sites for hydroxylation is 2. The van der Waals surface area contributed by atoms with Crippen molar-refractivity contribution in [1.82, 2.24) is 14.7 Å². The topological polar surface area (TPSA) is 67.6 Å². The molecule has 0 aliphatic carbocycles. The SMILES string of the molecule is Cc1cc(CC(O)C2CCN(C(=O)OC(C)(C)C)C2)n(C)n1. The number of nitrogens with zero attached hydrogens (tertiary/aromatic N) is 3. The molecule has 6 heteroatoms. The van der Waals surface area contributed by atoms with Gasteiger partial charge in [-0.2, -0.15) is 5.10 Å². The first kappa shape index (κ1) is 16.8. The lowest BCUT2D eigenvalue weighted by Gasteiger charge is -2.25. The van der Waals surface area contributed by atoms with Crippen LogP contribution in [0, 0.1) is 12.8 Å². The second-order valence-corrected chi connectivity index (χ2v) is 7.15. The Hall–Kier alpha value is -1.56. The number of aliphatic hydroxyl groups excluding tert-OH is 1. The number of hydrogen-bond donors (Lipinski definition) is 1. The molecule has 2 atom stereocenters. The Morgan fingerprint density at radius 2 is 2.23 bits per heavy atom. The fraction of sp³-hybridized carbons (Fsp3) is 0.750. The Labute approximate surface area is 132 Å². The van der Waals surface area contributed by atoms with Crippen molar-refractivity contribution in [1.29, 1.82) is 0 Å². The Morgan fingerprint density at radius 3 is 2.77 bits per heavy atom. The third kappa shape index (κ3) is 4.22. The molecular formula is C16H27N3O3. The number of carbonyl (C=O) groups is 1. The molecular weight excluding hydrogens is 282 g/mol. The van der Waals surface area contributed by atoms with Crippen LogP contribution in [-0.4, -0.2) is 50.7 Å². The monoisotopic (exact) mass is 309 g/mol. The van der Waals surface area contributed by atoms with Gasteiger partial charge in [-0.15, -0.1) is 0 Å². The highest BCUT2D eigenvalue weighted by molar-refractivity contribution is 5.68. The van der Waals surface area contributed by atoms with Gasteiger partial charge in [-0.1, -0.05) is 0 Å². The van der Waals surface area contributed by atoms with Gasteiger partial charge in [-0.25, -0.2) is 4.79 Å². The van der Waals surface area contributed by atoms with E-state index in [0.717, 1.165) is 17.8 Å². The van der Waals surface area contributed by atoms with Crippen LogP contribution >= 0.6 is 0 Å². The molecule has 0 saturated carbocycles. The minimum Gasteiger partial charge on any atom is -0.444 e. The van der Waals surface area contributed by atoms with E-state index in [1.807, 2.05) is 40.8 Å². The van der Waals surface area contributed by atoms with E-state index in [9.17, 15) is 9.90 Å². The molecule has 1 aliphatic rings. The molecule has 2 unspecified atom stereocenters. The number of aromatic nitrogens is 2. The molecule has 1 aromatic rings. The first-order valence-corrected chi connectivity index (χ1v) is 7.81. The van der Waals surface area contributed by atoms with Gasteiger partial charge >= 0.3 is 6.09 Å². The summed E-state index contributed by atoms with van der Waals surface area (Å²) in [6.07, 6.45) is 0.599. The number of ether oxygens (including phenoxy) is 1. The van der Waals surface area contributed by atoms with Crippen LogP contribution in [0.2, 0.25) is 0 Å². The van der Waals surface area contributed by atoms with Crippen molar-refractivity contribution >= 4 is 6.09 Å². The zero-order chi connectivity index (χ0) is 16.5. The third-order valence-electron chi connectivity index (χ3n) is 3.94. The van der Waals surface area contributed by atoms with E-state index in [4.69, 9.17) is 4.74 Å². The van der Waals surface area contributed by atoms with Crippen molar-refractivity contribution in [3.63, 3.8) is 0 Å². The number of hydrogen-bond acceptors (Lipinski definition) is 4. The highest BCUT2D eigenvalue weighted by Crippen LogP contribution is 2.24. The smallest absolute Gasteiger partial charge is 0.410 e. The molecule has 1 aromatic heterocycles. The van der Waals surface area contributed by atoms with Gasteiger partial charge in [0.2, 0.25) is 0 Å². The quantitative estimate of drug-likeness (QED) is 0.926. The molecule has 1 amide bonds. The maximum absolute atomic E-state index is 12.1. The number of carbonyl (C=O) groups excluding carboxylic acids is 1. The van der Waals surface area contributed by atoms with Crippen molar-refractivity contribution in [2.24, 2.45) is 13.0 Å². The van der Waals surface area contributed by atoms with Crippen molar-refractivity contribution in [3.8, 4) is 0 Å². The lowest BCUT2D eigenvalue weighted by Crippen LogP contribution is -2.36. The molecule has 0 spiro atoms. The Kier molecular flexibility index (Phi) is 4.80. The second-order valence-electron chi connectivity index (χ2n) is 7.15. The average molecular weight is 309 g/mol. The lowest BCUT2D eigenvalue weighted by molar-refractivity contribution is 0.0268. The summed E-state index contributed by atoms with van der Waals surface area (Å²) in [7, 11) is 1.89. The van der Waals surface area contributed by atoms with Crippen LogP contribution in [0.5, 0.6) is 0 Å². The normalized spacial score (nSPS) is 20.3. The van der Waals surface area contributed by atoms with Gasteiger partial charge in [0.25, 0.3) is 0 Å². The average Bonchev–Trinajstić information content (AvgIpc) is 2.95. The van der Waals surface area contributed by atoms with Gasteiger partial charge in [0.1, 0.15) is 5.60 Å². The predicted octanol–water partition coefficient (Wildman–Crippen LogP) is 1.89. The van der Waals surface area contributed by atoms with Crippen molar-refractivity contribution in [2.45, 2.75) is 52.2 Å². The zero-order valence-corrected chi connectivity index (χ0v) is 14.2. The molecule has 1 fully saturated rings. The summed E-state index contributed by atoms with van der Waals surface area (Å²) in [5, 5.41) is 14.7. The first-order valence-electron chi connectivity index (χ1n) is 7.81. The molecule has 124 valence electrons. The second kappa shape index (κ2) is 6.28. The molecule has 1 N–H and O–H groups in total. The van der Waals surface area contributed by atoms with Crippen LogP contribution in [0.25, 0.3) is 0 Å². The van der Waals surface area contributed by atoms with Gasteiger partial charge in [0.05, 0.1) is 11.8 Å². The van der Waals surface area contributed by atoms with Crippen LogP contribution < -0.4 is 0 Å². The maximum Gasteiger partial charge on any atom is 0.410 e. The highest BCUT2D eigenvalue weighted by Gasteiger charge is 2.33. The van der Waals surface area contributed by atoms with E-state index < -0.39 is 11.7 Å². The molecule has 2 heterocycles. The molecule has 0 aromatic carbocycles. The Morgan fingerprint density at radius 1 is 1.55 bits per heavy atom. The summed E-state index contributed by atoms with van der Waals surface area (Å²) >= 11 is 0. The van der Waals surface area contributed by atoms with E-state index in [2.05, 4.69) is 5.10 Å². The number of likely N-dealkylation sites (tertiary alicyclic amines) is 1. The van der Waals surface area contributed by atoms with Crippen LogP contribution in [-0.2, 0) is 18.2 Å². The largest absolute Gasteiger partial charge is 0.444 e. The summed E-state index contributed by atoms with van der Waals surface area (Å²) in [6, 6.07) is 1.99. The van der Waals surface area contributed by atoms with Crippen LogP contribution in [0.4, 0.5) is 4.79 Å². The van der Waals surface area contributed by atoms with E-state index >= 15 is 0 Å². The molecule has 2 rings (SSSR count). The van der Waals surface area contributed by atoms with Gasteiger partial charge in [0, 0.05) is 38.2 Å². The molecule has 0 bridgehead atoms. The highest BCUT2D eigenvalue weighted by atomic mass is 16.6. The van der Waals surface area contributed by atoms with Gasteiger partial charge in [-0.3, -0.25) is 4.68 Å². The molecule has 1 aliphatic heterocycles. The minimum atomic E-state index is -0.486. The molecule has 1 saturated heterocycles. The van der Waals surface area contributed by atoms with Crippen LogP contribution in [0.1, 0.15) is 38.6 Å². The number of aliphatic hydroxyl groups is 1. The number of rotatable bonds is 3. The van der Waals surface area contributed by atoms with Gasteiger partial charge in [0.15, 0.2) is 0 Å². The summed E-state index contributed by atoms with van der Waals surface area (Å²) in [5.41, 5.74) is 1.48. The van der Waals surface area contributed by atoms with Gasteiger partial charge in [-0.05, 0) is 40.2 Å². The fourth-order valence-electron chi connectivity index (χ4n) is 2.83. The summed E-state index contributed by atoms with van der Waals surface area (Å²) in [5.74, 6) is 0.0859. The Balaban J connectivity index is 1.89. The van der Waals surface area contributed by atoms with E-state index in [0.29, 0.717) is 19.5 Å². The summed E-state index contributed by atoms with van der Waals surface area (Å²) in [4.78, 5) is 13.7. The first-order chi connectivity index (χ1) is 10.2. The zero-order valence-electron chi connectivity index (χ0n) is 14.2. The van der Waals surface area contributed by atoms with Crippen molar-refractivity contribution in [2.75, 3.05) is 13.1 Å². The van der Waals surface area contributed by atoms with Crippen LogP contribution in [0.3, 0.4) is 0 Å². The predicted molar refractivity (Wildman–Crippen MR) is 83.6 cm³/mol. The van der Waals surface area contributed by atoms with Gasteiger partial charge < -0.3 is 14.7 Å². The van der Waals surface area contributed by atoms with Crippen molar-refractivity contribution in [3.05, 3.63) is 17.5 Å². The molecule has 6 nitrogen and oxygen atoms in total. The van der Waals surface area contributed by atoms with Crippen molar-refractivity contribution < 1.29 is 14.6 Å². The van der Waals surface area contributed by atoms with E-state index in [-0.39, 0.29) is 12.0 Å². The summed E-state index contributed by atoms with van der Waals surface area (Å²) in [6.45, 7) is 8.71. The maximum atomic E-state index is 12.1. The van der Waals surface area contributed by atoms with Crippen LogP contribution in [0.15, 0.2) is 6.07 Å². The van der Waals surface area contributed by atoms with E-state index in [1.54, 1.807) is 9.58 Å². The third-order valence-corrected chi connectivity index (χ3v) is 3.94. The fourth-order valence-corrected chi connectivity index (χ4v) is 2.83. The minimum absolute atomic E-state index is 0.0859. The summed E-state index contributed by atoms with van der Waals surface area (Å²) < 4.78 is 7.19. The lowest BCUT2D eigenvalue weighted by atomic mass is 9.97. The number of amides is 1. The molecule has 0 radical (unpaired) electrons.